The third-order valence-corrected chi connectivity index (χ3v) is 8.82. The predicted octanol–water partition coefficient (Wildman–Crippen LogP) is 5.75. The van der Waals surface area contributed by atoms with E-state index in [-0.39, 0.29) is 11.9 Å². The normalized spacial score (nSPS) is 21.2. The van der Waals surface area contributed by atoms with E-state index in [0.29, 0.717) is 34.8 Å². The molecule has 12 heteroatoms. The van der Waals surface area contributed by atoms with Crippen molar-refractivity contribution in [2.24, 2.45) is 11.8 Å². The Morgan fingerprint density at radius 1 is 1.19 bits per heavy atom. The van der Waals surface area contributed by atoms with E-state index < -0.39 is 5.76 Å². The fraction of sp³-hybridized carbons (Fsp3) is 0.567. The first-order chi connectivity index (χ1) is 20.4. The highest BCUT2D eigenvalue weighted by atomic mass is 35.5. The zero-order valence-corrected chi connectivity index (χ0v) is 25.3. The molecule has 1 atom stereocenters. The lowest BCUT2D eigenvalue weighted by Crippen LogP contribution is -2.43. The number of morpholine rings is 1. The number of aromatic amines is 1. The number of hydrogen-bond donors (Lipinski definition) is 2. The van der Waals surface area contributed by atoms with Crippen LogP contribution in [0.2, 0.25) is 5.02 Å². The molecule has 2 N–H and O–H groups in total. The fourth-order valence-electron chi connectivity index (χ4n) is 6.30. The molecule has 0 unspecified atom stereocenters. The molecule has 2 aliphatic rings. The molecule has 0 bridgehead atoms. The minimum absolute atomic E-state index is 0.170. The highest BCUT2D eigenvalue weighted by molar-refractivity contribution is 6.30. The maximum atomic E-state index is 11.9. The molecule has 42 heavy (non-hydrogen) atoms. The van der Waals surface area contributed by atoms with Crippen LogP contribution in [0.15, 0.2) is 27.6 Å². The monoisotopic (exact) mass is 594 g/mol. The summed E-state index contributed by atoms with van der Waals surface area (Å²) < 4.78 is 13.3. The Morgan fingerprint density at radius 2 is 2.02 bits per heavy atom. The summed E-state index contributed by atoms with van der Waals surface area (Å²) in [4.78, 5) is 31.7. The molecule has 1 saturated carbocycles. The number of imidazole rings is 1. The molecule has 224 valence electrons. The molecular formula is C30H39ClN8O3. The maximum Gasteiger partial charge on any atom is 0.439 e. The summed E-state index contributed by atoms with van der Waals surface area (Å²) in [6, 6.07) is 3.74. The molecule has 0 aromatic carbocycles. The number of nitrogens with one attached hydrogen (secondary N) is 2. The first-order valence-electron chi connectivity index (χ1n) is 15.1. The summed E-state index contributed by atoms with van der Waals surface area (Å²) in [5, 5.41) is 7.61. The van der Waals surface area contributed by atoms with Crippen LogP contribution in [0.5, 0.6) is 0 Å². The van der Waals surface area contributed by atoms with Gasteiger partial charge < -0.3 is 19.5 Å². The van der Waals surface area contributed by atoms with Gasteiger partial charge in [0.05, 0.1) is 28.8 Å². The second kappa shape index (κ2) is 12.4. The average Bonchev–Trinajstić information content (AvgIpc) is 3.60. The lowest BCUT2D eigenvalue weighted by atomic mass is 9.83. The van der Waals surface area contributed by atoms with Gasteiger partial charge in [0.1, 0.15) is 17.2 Å². The average molecular weight is 595 g/mol. The summed E-state index contributed by atoms with van der Waals surface area (Å²) in [7, 11) is 1.83. The van der Waals surface area contributed by atoms with Crippen molar-refractivity contribution in [2.75, 3.05) is 37.0 Å². The predicted molar refractivity (Wildman–Crippen MR) is 164 cm³/mol. The molecule has 0 radical (unpaired) electrons. The number of anilines is 2. The number of nitrogens with zero attached hydrogens (tertiary/aromatic N) is 6. The van der Waals surface area contributed by atoms with Gasteiger partial charge in [0, 0.05) is 38.4 Å². The van der Waals surface area contributed by atoms with E-state index in [2.05, 4.69) is 43.8 Å². The van der Waals surface area contributed by atoms with E-state index in [1.54, 1.807) is 6.20 Å². The van der Waals surface area contributed by atoms with Gasteiger partial charge in [-0.25, -0.2) is 19.7 Å². The third kappa shape index (κ3) is 5.89. The van der Waals surface area contributed by atoms with Crippen LogP contribution < -0.4 is 16.0 Å². The van der Waals surface area contributed by atoms with Gasteiger partial charge >= 0.3 is 5.76 Å². The van der Waals surface area contributed by atoms with Crippen molar-refractivity contribution in [3.63, 3.8) is 0 Å². The van der Waals surface area contributed by atoms with Crippen molar-refractivity contribution < 1.29 is 9.26 Å². The number of unbranched alkanes of at least 4 members (excludes halogenated alkanes) is 1. The molecule has 4 aromatic heterocycles. The molecule has 0 amide bonds. The minimum atomic E-state index is -0.641. The van der Waals surface area contributed by atoms with E-state index >= 15 is 0 Å². The largest absolute Gasteiger partial charge is 0.439 e. The Balaban J connectivity index is 1.55. The van der Waals surface area contributed by atoms with Gasteiger partial charge in [0.15, 0.2) is 0 Å². The molecular weight excluding hydrogens is 556 g/mol. The molecule has 1 aliphatic heterocycles. The quantitative estimate of drug-likeness (QED) is 0.249. The lowest BCUT2D eigenvalue weighted by Gasteiger charge is -2.35. The second-order valence-electron chi connectivity index (χ2n) is 11.7. The Morgan fingerprint density at radius 3 is 2.76 bits per heavy atom. The van der Waals surface area contributed by atoms with Crippen molar-refractivity contribution >= 4 is 34.4 Å². The third-order valence-electron chi connectivity index (χ3n) is 8.61. The minimum Gasteiger partial charge on any atom is -0.375 e. The van der Waals surface area contributed by atoms with E-state index in [0.717, 1.165) is 67.4 Å². The summed E-state index contributed by atoms with van der Waals surface area (Å²) in [6.07, 6.45) is 9.93. The number of aromatic nitrogens is 6. The number of halogens is 1. The van der Waals surface area contributed by atoms with Crippen LogP contribution in [0.4, 0.5) is 11.8 Å². The van der Waals surface area contributed by atoms with Gasteiger partial charge in [-0.3, -0.25) is 9.51 Å². The molecule has 0 spiro atoms. The van der Waals surface area contributed by atoms with Crippen LogP contribution in [-0.4, -0.2) is 62.5 Å². The molecule has 2 fully saturated rings. The summed E-state index contributed by atoms with van der Waals surface area (Å²) in [5.74, 6) is 2.47. The Kier molecular flexibility index (Phi) is 8.48. The number of H-pyrrole nitrogens is 1. The molecule has 11 nitrogen and oxygen atoms in total. The summed E-state index contributed by atoms with van der Waals surface area (Å²) in [6.45, 7) is 7.62. The maximum absolute atomic E-state index is 11.9. The van der Waals surface area contributed by atoms with Crippen molar-refractivity contribution in [1.82, 2.24) is 29.7 Å². The van der Waals surface area contributed by atoms with E-state index in [1.165, 1.54) is 25.7 Å². The van der Waals surface area contributed by atoms with Crippen molar-refractivity contribution in [3.8, 4) is 22.8 Å². The van der Waals surface area contributed by atoms with Crippen molar-refractivity contribution in [3.05, 3.63) is 33.9 Å². The van der Waals surface area contributed by atoms with Crippen LogP contribution in [0.3, 0.4) is 0 Å². The Hall–Kier alpha value is -3.44. The summed E-state index contributed by atoms with van der Waals surface area (Å²) >= 11 is 6.49. The van der Waals surface area contributed by atoms with Gasteiger partial charge in [0.2, 0.25) is 11.8 Å². The topological polar surface area (TPSA) is 127 Å². The SMILES string of the molecule is CCCC[C@@H]1CN(c2nc3cc(-c4noc(=O)[nH]4)nc(-c4cc(Cl)cnc4NC)c3n2CC2CCC(C)CC2)CCO1. The first kappa shape index (κ1) is 28.7. The highest BCUT2D eigenvalue weighted by Crippen LogP contribution is 2.39. The van der Waals surface area contributed by atoms with Gasteiger partial charge in [0.25, 0.3) is 0 Å². The second-order valence-corrected chi connectivity index (χ2v) is 12.1. The van der Waals surface area contributed by atoms with E-state index in [9.17, 15) is 4.79 Å². The van der Waals surface area contributed by atoms with Crippen molar-refractivity contribution in [2.45, 2.75) is 71.4 Å². The molecule has 4 aromatic rings. The summed E-state index contributed by atoms with van der Waals surface area (Å²) in [5.41, 5.74) is 3.54. The zero-order chi connectivity index (χ0) is 29.2. The highest BCUT2D eigenvalue weighted by Gasteiger charge is 2.30. The number of hydrogen-bond acceptors (Lipinski definition) is 9. The first-order valence-corrected chi connectivity index (χ1v) is 15.5. The van der Waals surface area contributed by atoms with Gasteiger partial charge in [-0.05, 0) is 43.2 Å². The fourth-order valence-corrected chi connectivity index (χ4v) is 6.46. The van der Waals surface area contributed by atoms with Gasteiger partial charge in [-0.1, -0.05) is 56.3 Å². The number of fused-ring (bicyclic) bond motifs is 1. The van der Waals surface area contributed by atoms with E-state index in [1.807, 2.05) is 19.2 Å². The molecule has 1 aliphatic carbocycles. The molecule has 6 rings (SSSR count). The Bertz CT molecular complexity index is 1590. The lowest BCUT2D eigenvalue weighted by molar-refractivity contribution is 0.0331. The van der Waals surface area contributed by atoms with Crippen LogP contribution in [-0.2, 0) is 11.3 Å². The van der Waals surface area contributed by atoms with Gasteiger partial charge in [-0.15, -0.1) is 0 Å². The Labute approximate surface area is 250 Å². The standard InChI is InChI=1S/C30H39ClN8O3/c1-4-5-6-21-17-38(11-12-41-21)29-35-23-14-24(28-36-30(40)42-37-28)34-25(22-13-20(31)15-33-27(22)32-3)26(23)39(29)16-19-9-7-18(2)8-10-19/h13-15,18-19,21H,4-12,16-17H2,1-3H3,(H,32,33)(H,36,37,40)/t18?,19?,21-/m1/s1. The van der Waals surface area contributed by atoms with Crippen LogP contribution in [0, 0.1) is 11.8 Å². The molecule has 5 heterocycles. The molecule has 1 saturated heterocycles. The van der Waals surface area contributed by atoms with E-state index in [4.69, 9.17) is 30.8 Å². The zero-order valence-electron chi connectivity index (χ0n) is 24.5. The van der Waals surface area contributed by atoms with Crippen LogP contribution in [0.25, 0.3) is 33.8 Å². The van der Waals surface area contributed by atoms with Crippen molar-refractivity contribution in [1.29, 1.82) is 0 Å². The van der Waals surface area contributed by atoms with Gasteiger partial charge in [-0.2, -0.15) is 0 Å². The number of pyridine rings is 2. The number of rotatable bonds is 9. The van der Waals surface area contributed by atoms with Crippen LogP contribution >= 0.6 is 11.6 Å². The number of ether oxygens (including phenoxy) is 1. The smallest absolute Gasteiger partial charge is 0.375 e. The van der Waals surface area contributed by atoms with Crippen LogP contribution in [0.1, 0.15) is 58.8 Å².